The Hall–Kier alpha value is -2.21. The molecule has 1 aliphatic carbocycles. The average Bonchev–Trinajstić information content (AvgIpc) is 3.46. The summed E-state index contributed by atoms with van der Waals surface area (Å²) in [6.45, 7) is 5.39. The first-order chi connectivity index (χ1) is 13.4. The molecule has 148 valence electrons. The number of anilines is 1. The molecule has 1 saturated carbocycles. The molecule has 1 aliphatic heterocycles. The molecular formula is C21H24ClFN4O. The van der Waals surface area contributed by atoms with Gasteiger partial charge in [-0.1, -0.05) is 23.7 Å². The van der Waals surface area contributed by atoms with Crippen LogP contribution in [0.25, 0.3) is 0 Å². The topological polar surface area (TPSA) is 49.3 Å². The van der Waals surface area contributed by atoms with Gasteiger partial charge in [-0.05, 0) is 61.9 Å². The molecule has 2 aliphatic rings. The monoisotopic (exact) mass is 402 g/mol. The molecule has 2 atom stereocenters. The average molecular weight is 403 g/mol. The maximum atomic E-state index is 14.3. The SMILES string of the molecule is C[C@@H]1CN(c2ccc(Cl)nn2)C[C@H](C)N1C(=O)Cc1ccc(C2CC2)c(F)c1. The lowest BCUT2D eigenvalue weighted by Gasteiger charge is -2.44. The second-order valence-corrected chi connectivity index (χ2v) is 8.31. The summed E-state index contributed by atoms with van der Waals surface area (Å²) >= 11 is 5.82. The number of halogens is 2. The molecule has 1 aromatic heterocycles. The highest BCUT2D eigenvalue weighted by Crippen LogP contribution is 2.41. The number of carbonyl (C=O) groups is 1. The minimum atomic E-state index is -0.181. The van der Waals surface area contributed by atoms with E-state index in [0.29, 0.717) is 24.2 Å². The van der Waals surface area contributed by atoms with Crippen molar-refractivity contribution in [3.63, 3.8) is 0 Å². The number of amides is 1. The summed E-state index contributed by atoms with van der Waals surface area (Å²) < 4.78 is 14.3. The van der Waals surface area contributed by atoms with Gasteiger partial charge in [0.1, 0.15) is 5.82 Å². The van der Waals surface area contributed by atoms with Gasteiger partial charge in [0.25, 0.3) is 0 Å². The smallest absolute Gasteiger partial charge is 0.227 e. The van der Waals surface area contributed by atoms with Crippen molar-refractivity contribution in [3.05, 3.63) is 52.4 Å². The fraction of sp³-hybridized carbons (Fsp3) is 0.476. The van der Waals surface area contributed by atoms with Gasteiger partial charge in [-0.3, -0.25) is 4.79 Å². The third-order valence-corrected chi connectivity index (χ3v) is 5.79. The first-order valence-electron chi connectivity index (χ1n) is 9.76. The zero-order valence-electron chi connectivity index (χ0n) is 16.1. The maximum absolute atomic E-state index is 14.3. The molecule has 0 spiro atoms. The Labute approximate surface area is 169 Å². The lowest BCUT2D eigenvalue weighted by molar-refractivity contribution is -0.135. The Morgan fingerprint density at radius 2 is 1.86 bits per heavy atom. The highest BCUT2D eigenvalue weighted by atomic mass is 35.5. The van der Waals surface area contributed by atoms with Crippen LogP contribution in [0.15, 0.2) is 30.3 Å². The van der Waals surface area contributed by atoms with Crippen LogP contribution < -0.4 is 4.90 Å². The Morgan fingerprint density at radius 1 is 1.14 bits per heavy atom. The van der Waals surface area contributed by atoms with Gasteiger partial charge in [-0.2, -0.15) is 0 Å². The van der Waals surface area contributed by atoms with Gasteiger partial charge in [0.15, 0.2) is 11.0 Å². The molecule has 7 heteroatoms. The van der Waals surface area contributed by atoms with Crippen LogP contribution in [0.3, 0.4) is 0 Å². The number of aromatic nitrogens is 2. The molecule has 1 aromatic carbocycles. The number of hydrogen-bond acceptors (Lipinski definition) is 4. The number of nitrogens with zero attached hydrogens (tertiary/aromatic N) is 4. The van der Waals surface area contributed by atoms with Gasteiger partial charge in [-0.15, -0.1) is 10.2 Å². The molecule has 0 bridgehead atoms. The van der Waals surface area contributed by atoms with Gasteiger partial charge in [-0.25, -0.2) is 4.39 Å². The van der Waals surface area contributed by atoms with Crippen LogP contribution in [0.2, 0.25) is 5.15 Å². The van der Waals surface area contributed by atoms with E-state index in [9.17, 15) is 9.18 Å². The molecule has 2 heterocycles. The number of benzene rings is 1. The fourth-order valence-electron chi connectivity index (χ4n) is 4.15. The van der Waals surface area contributed by atoms with Gasteiger partial charge >= 0.3 is 0 Å². The molecule has 1 saturated heterocycles. The molecular weight excluding hydrogens is 379 g/mol. The van der Waals surface area contributed by atoms with Crippen LogP contribution in [0, 0.1) is 5.82 Å². The van der Waals surface area contributed by atoms with Crippen LogP contribution in [0.4, 0.5) is 10.2 Å². The molecule has 2 fully saturated rings. The minimum absolute atomic E-state index is 0.0179. The van der Waals surface area contributed by atoms with Gasteiger partial charge in [0.2, 0.25) is 5.91 Å². The van der Waals surface area contributed by atoms with Crippen molar-refractivity contribution < 1.29 is 9.18 Å². The lowest BCUT2D eigenvalue weighted by Crippen LogP contribution is -2.59. The standard InChI is InChI=1S/C21H24ClFN4O/c1-13-11-26(20-8-7-19(22)24-25-20)12-14(2)27(13)21(28)10-15-3-6-17(16-4-5-16)18(23)9-15/h3,6-9,13-14,16H,4-5,10-12H2,1-2H3/t13-,14+. The minimum Gasteiger partial charge on any atom is -0.351 e. The van der Waals surface area contributed by atoms with Gasteiger partial charge in [0.05, 0.1) is 6.42 Å². The van der Waals surface area contributed by atoms with E-state index in [1.54, 1.807) is 6.07 Å². The molecule has 0 unspecified atom stereocenters. The summed E-state index contributed by atoms with van der Waals surface area (Å²) in [5.41, 5.74) is 1.52. The summed E-state index contributed by atoms with van der Waals surface area (Å²) in [5, 5.41) is 8.41. The second-order valence-electron chi connectivity index (χ2n) is 7.93. The highest BCUT2D eigenvalue weighted by molar-refractivity contribution is 6.29. The van der Waals surface area contributed by atoms with Crippen LogP contribution in [-0.2, 0) is 11.2 Å². The number of carbonyl (C=O) groups excluding carboxylic acids is 1. The van der Waals surface area contributed by atoms with E-state index in [1.165, 1.54) is 6.07 Å². The lowest BCUT2D eigenvalue weighted by atomic mass is 10.0. The summed E-state index contributed by atoms with van der Waals surface area (Å²) in [6.07, 6.45) is 2.34. The normalized spacial score (nSPS) is 22.4. The Bertz CT molecular complexity index is 859. The Morgan fingerprint density at radius 3 is 2.43 bits per heavy atom. The zero-order chi connectivity index (χ0) is 19.8. The van der Waals surface area contributed by atoms with Crippen LogP contribution in [-0.4, -0.2) is 46.2 Å². The Balaban J connectivity index is 1.43. The number of hydrogen-bond donors (Lipinski definition) is 0. The van der Waals surface area contributed by atoms with Crippen LogP contribution >= 0.6 is 11.6 Å². The van der Waals surface area contributed by atoms with Crippen molar-refractivity contribution in [3.8, 4) is 0 Å². The first kappa shape index (κ1) is 19.1. The van der Waals surface area contributed by atoms with E-state index in [-0.39, 0.29) is 30.2 Å². The molecule has 5 nitrogen and oxygen atoms in total. The second kappa shape index (κ2) is 7.66. The molecule has 0 N–H and O–H groups in total. The number of rotatable bonds is 4. The van der Waals surface area contributed by atoms with E-state index in [2.05, 4.69) is 15.1 Å². The predicted octanol–water partition coefficient (Wildman–Crippen LogP) is 3.81. The van der Waals surface area contributed by atoms with E-state index in [1.807, 2.05) is 36.9 Å². The molecule has 1 amide bonds. The van der Waals surface area contributed by atoms with Crippen LogP contribution in [0.5, 0.6) is 0 Å². The third-order valence-electron chi connectivity index (χ3n) is 5.59. The van der Waals surface area contributed by atoms with Crippen molar-refractivity contribution in [2.24, 2.45) is 0 Å². The summed E-state index contributed by atoms with van der Waals surface area (Å²) in [5.74, 6) is 0.974. The predicted molar refractivity (Wildman–Crippen MR) is 107 cm³/mol. The molecule has 2 aromatic rings. The van der Waals surface area contributed by atoms with E-state index >= 15 is 0 Å². The highest BCUT2D eigenvalue weighted by Gasteiger charge is 2.33. The van der Waals surface area contributed by atoms with Crippen molar-refractivity contribution in [1.29, 1.82) is 0 Å². The van der Waals surface area contributed by atoms with Gasteiger partial charge < -0.3 is 9.80 Å². The Kier molecular flexibility index (Phi) is 5.23. The van der Waals surface area contributed by atoms with Crippen LogP contribution in [0.1, 0.15) is 43.7 Å². The summed E-state index contributed by atoms with van der Waals surface area (Å²) in [6, 6.07) is 8.87. The van der Waals surface area contributed by atoms with E-state index in [0.717, 1.165) is 29.8 Å². The summed E-state index contributed by atoms with van der Waals surface area (Å²) in [4.78, 5) is 17.0. The number of piperazine rings is 1. The van der Waals surface area contributed by atoms with Crippen molar-refractivity contribution in [2.75, 3.05) is 18.0 Å². The summed E-state index contributed by atoms with van der Waals surface area (Å²) in [7, 11) is 0. The first-order valence-corrected chi connectivity index (χ1v) is 10.1. The van der Waals surface area contributed by atoms with Crippen molar-refractivity contribution in [1.82, 2.24) is 15.1 Å². The third kappa shape index (κ3) is 3.97. The largest absolute Gasteiger partial charge is 0.351 e. The van der Waals surface area contributed by atoms with E-state index < -0.39 is 0 Å². The van der Waals surface area contributed by atoms with Crippen molar-refractivity contribution in [2.45, 2.75) is 51.1 Å². The van der Waals surface area contributed by atoms with Gasteiger partial charge in [0, 0.05) is 25.2 Å². The maximum Gasteiger partial charge on any atom is 0.227 e. The molecule has 4 rings (SSSR count). The molecule has 0 radical (unpaired) electrons. The molecule has 28 heavy (non-hydrogen) atoms. The van der Waals surface area contributed by atoms with Crippen molar-refractivity contribution >= 4 is 23.3 Å². The fourth-order valence-corrected chi connectivity index (χ4v) is 4.25. The quantitative estimate of drug-likeness (QED) is 0.780. The van der Waals surface area contributed by atoms with E-state index in [4.69, 9.17) is 11.6 Å². The zero-order valence-corrected chi connectivity index (χ0v) is 16.9.